The van der Waals surface area contributed by atoms with Crippen LogP contribution in [0.1, 0.15) is 25.5 Å². The standard InChI is InChI=1S/C14H21N3O4/c1-2-7-21-8-3-6-15-14(20)17-12-5-4-11(16-10-12)9-13(18)19/h4-5,10H,2-3,6-9H2,1H3,(H,18,19)(H2,15,17,20). The highest BCUT2D eigenvalue weighted by Crippen LogP contribution is 2.06. The van der Waals surface area contributed by atoms with E-state index >= 15 is 0 Å². The Kier molecular flexibility index (Phi) is 7.81. The van der Waals surface area contributed by atoms with Crippen LogP contribution in [-0.4, -0.2) is 41.8 Å². The van der Waals surface area contributed by atoms with Gasteiger partial charge in [0.1, 0.15) is 0 Å². The van der Waals surface area contributed by atoms with E-state index in [0.717, 1.165) is 19.4 Å². The van der Waals surface area contributed by atoms with E-state index in [0.29, 0.717) is 24.5 Å². The molecular weight excluding hydrogens is 274 g/mol. The Morgan fingerprint density at radius 3 is 2.76 bits per heavy atom. The van der Waals surface area contributed by atoms with Gasteiger partial charge in [-0.25, -0.2) is 4.79 Å². The van der Waals surface area contributed by atoms with E-state index in [4.69, 9.17) is 9.84 Å². The second-order valence-corrected chi connectivity index (χ2v) is 4.46. The number of nitrogens with zero attached hydrogens (tertiary/aromatic N) is 1. The second kappa shape index (κ2) is 9.71. The second-order valence-electron chi connectivity index (χ2n) is 4.46. The highest BCUT2D eigenvalue weighted by molar-refractivity contribution is 5.88. The van der Waals surface area contributed by atoms with Crippen molar-refractivity contribution in [2.24, 2.45) is 0 Å². The van der Waals surface area contributed by atoms with Crippen molar-refractivity contribution in [2.75, 3.05) is 25.1 Å². The number of ether oxygens (including phenoxy) is 1. The third-order valence-corrected chi connectivity index (χ3v) is 2.51. The lowest BCUT2D eigenvalue weighted by atomic mass is 10.2. The smallest absolute Gasteiger partial charge is 0.319 e. The summed E-state index contributed by atoms with van der Waals surface area (Å²) < 4.78 is 5.30. The summed E-state index contributed by atoms with van der Waals surface area (Å²) in [5.74, 6) is -0.939. The maximum absolute atomic E-state index is 11.6. The number of carboxylic acid groups (broad SMARTS) is 1. The van der Waals surface area contributed by atoms with Crippen molar-refractivity contribution in [3.63, 3.8) is 0 Å². The maximum Gasteiger partial charge on any atom is 0.319 e. The first-order valence-corrected chi connectivity index (χ1v) is 6.91. The topological polar surface area (TPSA) is 101 Å². The van der Waals surface area contributed by atoms with Gasteiger partial charge in [-0.3, -0.25) is 9.78 Å². The van der Waals surface area contributed by atoms with Crippen LogP contribution in [-0.2, 0) is 16.0 Å². The Morgan fingerprint density at radius 1 is 1.33 bits per heavy atom. The van der Waals surface area contributed by atoms with Crippen molar-refractivity contribution in [3.8, 4) is 0 Å². The Bertz CT molecular complexity index is 448. The molecule has 0 radical (unpaired) electrons. The van der Waals surface area contributed by atoms with Crippen LogP contribution in [0.15, 0.2) is 18.3 Å². The first-order valence-electron chi connectivity index (χ1n) is 6.91. The number of nitrogens with one attached hydrogen (secondary N) is 2. The van der Waals surface area contributed by atoms with Crippen LogP contribution in [0, 0.1) is 0 Å². The number of anilines is 1. The molecule has 0 spiro atoms. The number of carbonyl (C=O) groups is 2. The van der Waals surface area contributed by atoms with Crippen molar-refractivity contribution in [1.29, 1.82) is 0 Å². The zero-order chi connectivity index (χ0) is 15.5. The summed E-state index contributed by atoms with van der Waals surface area (Å²) >= 11 is 0. The number of hydrogen-bond acceptors (Lipinski definition) is 4. The van der Waals surface area contributed by atoms with Crippen LogP contribution in [0.2, 0.25) is 0 Å². The van der Waals surface area contributed by atoms with Crippen LogP contribution in [0.3, 0.4) is 0 Å². The summed E-state index contributed by atoms with van der Waals surface area (Å²) in [6, 6.07) is 2.87. The van der Waals surface area contributed by atoms with E-state index in [1.165, 1.54) is 6.20 Å². The highest BCUT2D eigenvalue weighted by atomic mass is 16.5. The minimum Gasteiger partial charge on any atom is -0.481 e. The molecule has 0 fully saturated rings. The lowest BCUT2D eigenvalue weighted by molar-refractivity contribution is -0.136. The van der Waals surface area contributed by atoms with E-state index in [-0.39, 0.29) is 12.5 Å². The summed E-state index contributed by atoms with van der Waals surface area (Å²) in [5.41, 5.74) is 0.963. The summed E-state index contributed by atoms with van der Waals surface area (Å²) in [4.78, 5) is 26.1. The van der Waals surface area contributed by atoms with Crippen molar-refractivity contribution < 1.29 is 19.4 Å². The van der Waals surface area contributed by atoms with E-state index in [1.807, 2.05) is 6.92 Å². The van der Waals surface area contributed by atoms with Crippen molar-refractivity contribution in [1.82, 2.24) is 10.3 Å². The molecule has 0 aliphatic carbocycles. The third-order valence-electron chi connectivity index (χ3n) is 2.51. The Hall–Kier alpha value is -2.15. The van der Waals surface area contributed by atoms with E-state index in [2.05, 4.69) is 15.6 Å². The number of urea groups is 1. The van der Waals surface area contributed by atoms with Crippen LogP contribution >= 0.6 is 0 Å². The van der Waals surface area contributed by atoms with Crippen molar-refractivity contribution in [2.45, 2.75) is 26.2 Å². The minimum atomic E-state index is -0.939. The van der Waals surface area contributed by atoms with Gasteiger partial charge < -0.3 is 20.5 Å². The number of amides is 2. The average Bonchev–Trinajstić information content (AvgIpc) is 2.44. The number of hydrogen-bond donors (Lipinski definition) is 3. The van der Waals surface area contributed by atoms with Gasteiger partial charge in [0.05, 0.1) is 24.0 Å². The normalized spacial score (nSPS) is 10.1. The first kappa shape index (κ1) is 16.9. The lowest BCUT2D eigenvalue weighted by Crippen LogP contribution is -2.30. The maximum atomic E-state index is 11.6. The fraction of sp³-hybridized carbons (Fsp3) is 0.500. The number of carbonyl (C=O) groups excluding carboxylic acids is 1. The molecule has 0 aliphatic heterocycles. The van der Waals surface area contributed by atoms with Crippen LogP contribution in [0.5, 0.6) is 0 Å². The number of aliphatic carboxylic acids is 1. The van der Waals surface area contributed by atoms with Gasteiger partial charge in [-0.2, -0.15) is 0 Å². The first-order chi connectivity index (χ1) is 10.1. The molecule has 0 atom stereocenters. The number of pyridine rings is 1. The molecule has 7 nitrogen and oxygen atoms in total. The zero-order valence-electron chi connectivity index (χ0n) is 12.1. The molecule has 116 valence electrons. The van der Waals surface area contributed by atoms with Crippen LogP contribution < -0.4 is 10.6 Å². The molecule has 3 N–H and O–H groups in total. The van der Waals surface area contributed by atoms with Crippen LogP contribution in [0.4, 0.5) is 10.5 Å². The molecule has 1 rings (SSSR count). The lowest BCUT2D eigenvalue weighted by Gasteiger charge is -2.08. The number of aromatic nitrogens is 1. The molecule has 0 saturated carbocycles. The van der Waals surface area contributed by atoms with Gasteiger partial charge in [0, 0.05) is 19.8 Å². The molecule has 0 aliphatic rings. The molecule has 1 aromatic rings. The summed E-state index contributed by atoms with van der Waals surface area (Å²) in [7, 11) is 0. The Morgan fingerprint density at radius 2 is 2.14 bits per heavy atom. The predicted octanol–water partition coefficient (Wildman–Crippen LogP) is 1.65. The van der Waals surface area contributed by atoms with Crippen molar-refractivity contribution >= 4 is 17.7 Å². The summed E-state index contributed by atoms with van der Waals surface area (Å²) in [6.45, 7) is 3.93. The number of carboxylic acids is 1. The molecule has 1 heterocycles. The predicted molar refractivity (Wildman–Crippen MR) is 78.3 cm³/mol. The largest absolute Gasteiger partial charge is 0.481 e. The Labute approximate surface area is 123 Å². The molecular formula is C14H21N3O4. The molecule has 2 amide bonds. The van der Waals surface area contributed by atoms with E-state index < -0.39 is 5.97 Å². The Balaban J connectivity index is 2.23. The molecule has 0 aromatic carbocycles. The summed E-state index contributed by atoms with van der Waals surface area (Å²) in [6.07, 6.45) is 3.04. The molecule has 1 aromatic heterocycles. The van der Waals surface area contributed by atoms with Gasteiger partial charge in [-0.1, -0.05) is 6.92 Å². The molecule has 0 bridgehead atoms. The van der Waals surface area contributed by atoms with Gasteiger partial charge in [-0.15, -0.1) is 0 Å². The van der Waals surface area contributed by atoms with Gasteiger partial charge in [0.2, 0.25) is 0 Å². The van der Waals surface area contributed by atoms with E-state index in [1.54, 1.807) is 12.1 Å². The van der Waals surface area contributed by atoms with Gasteiger partial charge >= 0.3 is 12.0 Å². The zero-order valence-corrected chi connectivity index (χ0v) is 12.1. The van der Waals surface area contributed by atoms with E-state index in [9.17, 15) is 9.59 Å². The van der Waals surface area contributed by atoms with Crippen molar-refractivity contribution in [3.05, 3.63) is 24.0 Å². The SMILES string of the molecule is CCCOCCCNC(=O)Nc1ccc(CC(=O)O)nc1. The molecule has 7 heteroatoms. The minimum absolute atomic E-state index is 0.135. The quantitative estimate of drug-likeness (QED) is 0.601. The molecule has 21 heavy (non-hydrogen) atoms. The van der Waals surface area contributed by atoms with Gasteiger partial charge in [0.15, 0.2) is 0 Å². The van der Waals surface area contributed by atoms with Gasteiger partial charge in [0.25, 0.3) is 0 Å². The monoisotopic (exact) mass is 295 g/mol. The van der Waals surface area contributed by atoms with Crippen LogP contribution in [0.25, 0.3) is 0 Å². The third kappa shape index (κ3) is 7.88. The number of rotatable bonds is 9. The average molecular weight is 295 g/mol. The fourth-order valence-corrected chi connectivity index (χ4v) is 1.56. The fourth-order valence-electron chi connectivity index (χ4n) is 1.56. The molecule has 0 saturated heterocycles. The highest BCUT2D eigenvalue weighted by Gasteiger charge is 2.04. The summed E-state index contributed by atoms with van der Waals surface area (Å²) in [5, 5.41) is 14.0. The molecule has 0 unspecified atom stereocenters. The van der Waals surface area contributed by atoms with Gasteiger partial charge in [-0.05, 0) is 25.0 Å².